The minimum absolute atomic E-state index is 0.0735. The van der Waals surface area contributed by atoms with E-state index in [2.05, 4.69) is 23.8 Å². The van der Waals surface area contributed by atoms with Gasteiger partial charge in [0.05, 0.1) is 12.3 Å². The highest BCUT2D eigenvalue weighted by atomic mass is 16.5. The minimum atomic E-state index is 0.0735. The van der Waals surface area contributed by atoms with Gasteiger partial charge in [-0.2, -0.15) is 0 Å². The number of hydrogen-bond donors (Lipinski definition) is 1. The van der Waals surface area contributed by atoms with Crippen LogP contribution >= 0.6 is 0 Å². The van der Waals surface area contributed by atoms with Crippen molar-refractivity contribution in [1.82, 2.24) is 9.97 Å². The summed E-state index contributed by atoms with van der Waals surface area (Å²) < 4.78 is 5.36. The fourth-order valence-electron chi connectivity index (χ4n) is 1.98. The second-order valence-corrected chi connectivity index (χ2v) is 4.34. The van der Waals surface area contributed by atoms with E-state index in [1.54, 1.807) is 0 Å². The first-order valence-corrected chi connectivity index (χ1v) is 5.76. The normalized spacial score (nSPS) is 14.9. The quantitative estimate of drug-likeness (QED) is 0.829. The van der Waals surface area contributed by atoms with Crippen molar-refractivity contribution in [2.45, 2.75) is 39.7 Å². The van der Waals surface area contributed by atoms with E-state index in [0.29, 0.717) is 18.4 Å². The average Bonchev–Trinajstić information content (AvgIpc) is 2.17. The first kappa shape index (κ1) is 12.9. The van der Waals surface area contributed by atoms with Crippen LogP contribution in [0.25, 0.3) is 0 Å². The maximum absolute atomic E-state index is 5.99. The second-order valence-electron chi connectivity index (χ2n) is 4.34. The average molecular weight is 223 g/mol. The van der Waals surface area contributed by atoms with Gasteiger partial charge >= 0.3 is 0 Å². The van der Waals surface area contributed by atoms with Crippen LogP contribution in [0.5, 0.6) is 5.88 Å². The van der Waals surface area contributed by atoms with Crippen molar-refractivity contribution in [3.63, 3.8) is 0 Å². The molecule has 0 aliphatic carbocycles. The molecule has 0 saturated heterocycles. The van der Waals surface area contributed by atoms with Gasteiger partial charge in [-0.1, -0.05) is 13.8 Å². The Morgan fingerprint density at radius 1 is 1.31 bits per heavy atom. The summed E-state index contributed by atoms with van der Waals surface area (Å²) in [4.78, 5) is 8.35. The molecule has 0 aromatic carbocycles. The minimum Gasteiger partial charge on any atom is -0.478 e. The van der Waals surface area contributed by atoms with Gasteiger partial charge in [0.15, 0.2) is 0 Å². The van der Waals surface area contributed by atoms with E-state index in [9.17, 15) is 0 Å². The van der Waals surface area contributed by atoms with Crippen LogP contribution in [0.4, 0.5) is 0 Å². The van der Waals surface area contributed by atoms with Gasteiger partial charge in [0.25, 0.3) is 0 Å². The second kappa shape index (κ2) is 5.80. The lowest BCUT2D eigenvalue weighted by Gasteiger charge is -2.24. The van der Waals surface area contributed by atoms with E-state index in [-0.39, 0.29) is 12.0 Å². The van der Waals surface area contributed by atoms with Crippen molar-refractivity contribution in [3.05, 3.63) is 18.1 Å². The molecular weight excluding hydrogens is 202 g/mol. The van der Waals surface area contributed by atoms with E-state index in [1.165, 1.54) is 6.33 Å². The molecule has 4 nitrogen and oxygen atoms in total. The third-order valence-corrected chi connectivity index (χ3v) is 2.58. The lowest BCUT2D eigenvalue weighted by atomic mass is 9.87. The topological polar surface area (TPSA) is 61.0 Å². The molecule has 0 saturated carbocycles. The molecule has 2 N–H and O–H groups in total. The Morgan fingerprint density at radius 2 is 2.00 bits per heavy atom. The lowest BCUT2D eigenvalue weighted by Crippen LogP contribution is -2.29. The Bertz CT molecular complexity index is 318. The zero-order chi connectivity index (χ0) is 12.1. The first-order valence-electron chi connectivity index (χ1n) is 5.76. The van der Waals surface area contributed by atoms with Gasteiger partial charge in [-0.15, -0.1) is 0 Å². The van der Waals surface area contributed by atoms with Gasteiger partial charge in [-0.05, 0) is 19.8 Å². The molecular formula is C12H21N3O. The standard InChI is InChI=1S/C12H21N3O/c1-5-16-11-6-10(14-7-15-11)12(8(2)3)9(4)13/h6-9,12H,5,13H2,1-4H3. The van der Waals surface area contributed by atoms with Crippen LogP contribution in [0.2, 0.25) is 0 Å². The van der Waals surface area contributed by atoms with E-state index in [0.717, 1.165) is 5.69 Å². The highest BCUT2D eigenvalue weighted by Crippen LogP contribution is 2.26. The van der Waals surface area contributed by atoms with Gasteiger partial charge < -0.3 is 10.5 Å². The summed E-state index contributed by atoms with van der Waals surface area (Å²) in [6.45, 7) is 8.86. The summed E-state index contributed by atoms with van der Waals surface area (Å²) in [5, 5.41) is 0. The third kappa shape index (κ3) is 3.17. The molecule has 0 aliphatic rings. The first-order chi connectivity index (χ1) is 7.56. The van der Waals surface area contributed by atoms with Crippen molar-refractivity contribution in [2.75, 3.05) is 6.61 Å². The van der Waals surface area contributed by atoms with Crippen LogP contribution < -0.4 is 10.5 Å². The molecule has 1 heterocycles. The van der Waals surface area contributed by atoms with Gasteiger partial charge in [-0.3, -0.25) is 0 Å². The SMILES string of the molecule is CCOc1cc(C(C(C)C)C(C)N)ncn1. The summed E-state index contributed by atoms with van der Waals surface area (Å²) in [7, 11) is 0. The van der Waals surface area contributed by atoms with Crippen LogP contribution in [-0.2, 0) is 0 Å². The highest BCUT2D eigenvalue weighted by molar-refractivity contribution is 5.19. The van der Waals surface area contributed by atoms with Crippen molar-refractivity contribution < 1.29 is 4.74 Å². The molecule has 90 valence electrons. The molecule has 1 rings (SSSR count). The predicted octanol–water partition coefficient (Wildman–Crippen LogP) is 1.96. The zero-order valence-corrected chi connectivity index (χ0v) is 10.5. The van der Waals surface area contributed by atoms with Gasteiger partial charge in [-0.25, -0.2) is 9.97 Å². The summed E-state index contributed by atoms with van der Waals surface area (Å²) in [5.41, 5.74) is 6.95. The highest BCUT2D eigenvalue weighted by Gasteiger charge is 2.22. The Kier molecular flexibility index (Phi) is 4.68. The Labute approximate surface area is 97.2 Å². The van der Waals surface area contributed by atoms with Crippen molar-refractivity contribution >= 4 is 0 Å². The maximum Gasteiger partial charge on any atom is 0.216 e. The summed E-state index contributed by atoms with van der Waals surface area (Å²) in [6, 6.07) is 1.96. The molecule has 0 spiro atoms. The Balaban J connectivity index is 2.95. The number of nitrogens with two attached hydrogens (primary N) is 1. The zero-order valence-electron chi connectivity index (χ0n) is 10.5. The van der Waals surface area contributed by atoms with Crippen LogP contribution in [0.3, 0.4) is 0 Å². The van der Waals surface area contributed by atoms with Crippen LogP contribution in [-0.4, -0.2) is 22.6 Å². The number of rotatable bonds is 5. The fraction of sp³-hybridized carbons (Fsp3) is 0.667. The monoisotopic (exact) mass is 223 g/mol. The molecule has 1 aromatic heterocycles. The van der Waals surface area contributed by atoms with E-state index in [1.807, 2.05) is 19.9 Å². The fourth-order valence-corrected chi connectivity index (χ4v) is 1.98. The van der Waals surface area contributed by atoms with E-state index >= 15 is 0 Å². The third-order valence-electron chi connectivity index (χ3n) is 2.58. The summed E-state index contributed by atoms with van der Waals surface area (Å²) in [6.07, 6.45) is 1.54. The molecule has 0 fully saturated rings. The smallest absolute Gasteiger partial charge is 0.216 e. The molecule has 0 bridgehead atoms. The van der Waals surface area contributed by atoms with Crippen LogP contribution in [0.1, 0.15) is 39.3 Å². The van der Waals surface area contributed by atoms with Gasteiger partial charge in [0.1, 0.15) is 6.33 Å². The number of aromatic nitrogens is 2. The Hall–Kier alpha value is -1.16. The molecule has 0 radical (unpaired) electrons. The van der Waals surface area contributed by atoms with Gasteiger partial charge in [0.2, 0.25) is 5.88 Å². The summed E-state index contributed by atoms with van der Waals surface area (Å²) >= 11 is 0. The predicted molar refractivity (Wildman–Crippen MR) is 64.4 cm³/mol. The number of hydrogen-bond acceptors (Lipinski definition) is 4. The molecule has 2 atom stereocenters. The van der Waals surface area contributed by atoms with Crippen molar-refractivity contribution in [1.29, 1.82) is 0 Å². The number of ether oxygens (including phenoxy) is 1. The van der Waals surface area contributed by atoms with E-state index < -0.39 is 0 Å². The summed E-state index contributed by atoms with van der Waals surface area (Å²) in [5.74, 6) is 1.31. The molecule has 0 amide bonds. The lowest BCUT2D eigenvalue weighted by molar-refractivity contribution is 0.323. The Morgan fingerprint density at radius 3 is 2.50 bits per heavy atom. The van der Waals surface area contributed by atoms with Gasteiger partial charge in [0, 0.05) is 18.0 Å². The molecule has 1 aromatic rings. The number of nitrogens with zero attached hydrogens (tertiary/aromatic N) is 2. The largest absolute Gasteiger partial charge is 0.478 e. The van der Waals surface area contributed by atoms with E-state index in [4.69, 9.17) is 10.5 Å². The maximum atomic E-state index is 5.99. The van der Waals surface area contributed by atoms with Crippen molar-refractivity contribution in [3.8, 4) is 5.88 Å². The molecule has 0 aliphatic heterocycles. The van der Waals surface area contributed by atoms with Crippen molar-refractivity contribution in [2.24, 2.45) is 11.7 Å². The van der Waals surface area contributed by atoms with Crippen LogP contribution in [0.15, 0.2) is 12.4 Å². The molecule has 2 unspecified atom stereocenters. The molecule has 16 heavy (non-hydrogen) atoms. The van der Waals surface area contributed by atoms with Crippen LogP contribution in [0, 0.1) is 5.92 Å². The molecule has 4 heteroatoms.